The van der Waals surface area contributed by atoms with Gasteiger partial charge in [-0.05, 0) is 6.92 Å². The third kappa shape index (κ3) is 1.31. The van der Waals surface area contributed by atoms with Crippen LogP contribution in [0.1, 0.15) is 6.92 Å². The second kappa shape index (κ2) is 3.67. The molecule has 2 heterocycles. The number of carboxylic acid groups (broad SMARTS) is 1. The van der Waals surface area contributed by atoms with E-state index in [0.717, 1.165) is 11.8 Å². The van der Waals surface area contributed by atoms with Crippen LogP contribution in [-0.2, 0) is 14.3 Å². The lowest BCUT2D eigenvalue weighted by Crippen LogP contribution is -2.60. The zero-order chi connectivity index (χ0) is 12.0. The van der Waals surface area contributed by atoms with Gasteiger partial charge in [-0.1, -0.05) is 11.8 Å². The molecule has 0 aromatic heterocycles. The molecule has 0 bridgehead atoms. The lowest BCUT2D eigenvalue weighted by atomic mass is 9.92. The van der Waals surface area contributed by atoms with Gasteiger partial charge in [0.15, 0.2) is 10.8 Å². The average Bonchev–Trinajstić information content (AvgIpc) is 2.51. The predicted molar refractivity (Wildman–Crippen MR) is 55.1 cm³/mol. The molecule has 1 saturated heterocycles. The Kier molecular flexibility index (Phi) is 2.59. The minimum Gasteiger partial charge on any atom is -0.488 e. The number of fused-ring (bicyclic) bond motifs is 1. The van der Waals surface area contributed by atoms with E-state index < -0.39 is 18.0 Å². The molecule has 0 aromatic rings. The number of rotatable bonds is 3. The molecule has 7 heteroatoms. The van der Waals surface area contributed by atoms with E-state index in [2.05, 4.69) is 0 Å². The SMILES string of the molecule is COC1=C(C(=O)O)N2C(=O)[C@H]([C@@H](C)O)[C@H]2S1. The van der Waals surface area contributed by atoms with E-state index in [-0.39, 0.29) is 22.1 Å². The summed E-state index contributed by atoms with van der Waals surface area (Å²) in [6, 6.07) is 0. The van der Waals surface area contributed by atoms with Crippen molar-refractivity contribution in [1.82, 2.24) is 4.90 Å². The maximum atomic E-state index is 11.7. The zero-order valence-electron chi connectivity index (χ0n) is 8.71. The number of hydrogen-bond acceptors (Lipinski definition) is 5. The Labute approximate surface area is 95.9 Å². The normalized spacial score (nSPS) is 29.9. The molecule has 6 nitrogen and oxygen atoms in total. The number of hydrogen-bond donors (Lipinski definition) is 2. The fourth-order valence-corrected chi connectivity index (χ4v) is 3.31. The van der Waals surface area contributed by atoms with Crippen molar-refractivity contribution in [3.05, 3.63) is 10.8 Å². The van der Waals surface area contributed by atoms with Crippen LogP contribution >= 0.6 is 11.8 Å². The van der Waals surface area contributed by atoms with Gasteiger partial charge in [0.2, 0.25) is 5.91 Å². The van der Waals surface area contributed by atoms with Crippen molar-refractivity contribution in [2.24, 2.45) is 5.92 Å². The molecule has 0 spiro atoms. The molecule has 0 aromatic carbocycles. The smallest absolute Gasteiger partial charge is 0.357 e. The molecular weight excluding hydrogens is 234 g/mol. The topological polar surface area (TPSA) is 87.1 Å². The monoisotopic (exact) mass is 245 g/mol. The first-order valence-corrected chi connectivity index (χ1v) is 5.56. The summed E-state index contributed by atoms with van der Waals surface area (Å²) >= 11 is 1.16. The molecule has 2 aliphatic heterocycles. The molecule has 2 rings (SSSR count). The van der Waals surface area contributed by atoms with Crippen LogP contribution in [0.5, 0.6) is 0 Å². The number of thioether (sulfide) groups is 1. The van der Waals surface area contributed by atoms with E-state index in [9.17, 15) is 14.7 Å². The Morgan fingerprint density at radius 2 is 2.25 bits per heavy atom. The van der Waals surface area contributed by atoms with Gasteiger partial charge < -0.3 is 14.9 Å². The summed E-state index contributed by atoms with van der Waals surface area (Å²) in [4.78, 5) is 23.8. The molecular formula is C9H11NO5S. The van der Waals surface area contributed by atoms with Crippen LogP contribution in [-0.4, -0.2) is 45.6 Å². The standard InChI is InChI=1S/C9H11NO5S/c1-3(11)4-6(12)10-5(8(13)14)9(15-2)16-7(4)10/h3-4,7,11H,1-2H3,(H,13,14)/t3-,4+,7-/m1/s1. The third-order valence-corrected chi connectivity index (χ3v) is 3.97. The van der Waals surface area contributed by atoms with Gasteiger partial charge in [0.25, 0.3) is 0 Å². The molecule has 0 saturated carbocycles. The maximum absolute atomic E-state index is 11.7. The summed E-state index contributed by atoms with van der Waals surface area (Å²) in [6.45, 7) is 1.52. The molecule has 2 N–H and O–H groups in total. The summed E-state index contributed by atoms with van der Waals surface area (Å²) in [5.74, 6) is -2.10. The number of aliphatic carboxylic acids is 1. The lowest BCUT2D eigenvalue weighted by molar-refractivity contribution is -0.156. The van der Waals surface area contributed by atoms with Gasteiger partial charge in [-0.3, -0.25) is 9.69 Å². The molecule has 0 radical (unpaired) electrons. The molecule has 3 atom stereocenters. The van der Waals surface area contributed by atoms with Crippen LogP contribution in [0.25, 0.3) is 0 Å². The predicted octanol–water partition coefficient (Wildman–Crippen LogP) is -0.201. The van der Waals surface area contributed by atoms with Crippen molar-refractivity contribution < 1.29 is 24.5 Å². The number of methoxy groups -OCH3 is 1. The van der Waals surface area contributed by atoms with Crippen LogP contribution in [0, 0.1) is 5.92 Å². The number of aliphatic hydroxyl groups excluding tert-OH is 1. The first kappa shape index (κ1) is 11.3. The number of carbonyl (C=O) groups is 2. The molecule has 1 fully saturated rings. The quantitative estimate of drug-likeness (QED) is 0.669. The van der Waals surface area contributed by atoms with Gasteiger partial charge in [-0.25, -0.2) is 4.79 Å². The molecule has 0 aliphatic carbocycles. The summed E-state index contributed by atoms with van der Waals surface area (Å²) in [6.07, 6.45) is -0.785. The van der Waals surface area contributed by atoms with Crippen molar-refractivity contribution in [2.45, 2.75) is 18.4 Å². The van der Waals surface area contributed by atoms with Crippen molar-refractivity contribution >= 4 is 23.6 Å². The van der Waals surface area contributed by atoms with Crippen LogP contribution < -0.4 is 0 Å². The maximum Gasteiger partial charge on any atom is 0.357 e. The molecule has 0 unspecified atom stereocenters. The van der Waals surface area contributed by atoms with E-state index in [1.54, 1.807) is 0 Å². The highest BCUT2D eigenvalue weighted by Gasteiger charge is 2.58. The van der Waals surface area contributed by atoms with E-state index in [1.165, 1.54) is 18.9 Å². The molecule has 16 heavy (non-hydrogen) atoms. The second-order valence-corrected chi connectivity index (χ2v) is 4.72. The van der Waals surface area contributed by atoms with Crippen molar-refractivity contribution in [2.75, 3.05) is 7.11 Å². The van der Waals surface area contributed by atoms with Crippen LogP contribution in [0.2, 0.25) is 0 Å². The van der Waals surface area contributed by atoms with Crippen molar-refractivity contribution in [3.8, 4) is 0 Å². The molecule has 88 valence electrons. The van der Waals surface area contributed by atoms with Gasteiger partial charge >= 0.3 is 5.97 Å². The van der Waals surface area contributed by atoms with Gasteiger partial charge in [0.1, 0.15) is 5.37 Å². The first-order valence-electron chi connectivity index (χ1n) is 4.68. The minimum atomic E-state index is -1.19. The van der Waals surface area contributed by atoms with Crippen LogP contribution in [0.15, 0.2) is 10.8 Å². The number of carboxylic acids is 1. The Bertz CT molecular complexity index is 391. The fourth-order valence-electron chi connectivity index (χ4n) is 1.89. The zero-order valence-corrected chi connectivity index (χ0v) is 9.52. The third-order valence-electron chi connectivity index (χ3n) is 2.65. The Hall–Kier alpha value is -1.21. The summed E-state index contributed by atoms with van der Waals surface area (Å²) in [5.41, 5.74) is -0.126. The fraction of sp³-hybridized carbons (Fsp3) is 0.556. The molecule has 1 amide bonds. The van der Waals surface area contributed by atoms with Gasteiger partial charge in [-0.15, -0.1) is 0 Å². The first-order chi connectivity index (χ1) is 7.49. The van der Waals surface area contributed by atoms with Gasteiger partial charge in [0.05, 0.1) is 19.1 Å². The lowest BCUT2D eigenvalue weighted by Gasteiger charge is -2.43. The minimum absolute atomic E-state index is 0.126. The van der Waals surface area contributed by atoms with Crippen molar-refractivity contribution in [1.29, 1.82) is 0 Å². The van der Waals surface area contributed by atoms with E-state index in [4.69, 9.17) is 9.84 Å². The largest absolute Gasteiger partial charge is 0.488 e. The van der Waals surface area contributed by atoms with E-state index >= 15 is 0 Å². The Morgan fingerprint density at radius 1 is 1.62 bits per heavy atom. The Balaban J connectivity index is 2.29. The number of β-lactam (4-membered cyclic amide) rings is 1. The average molecular weight is 245 g/mol. The molecule has 2 aliphatic rings. The number of aliphatic hydroxyl groups is 1. The highest BCUT2D eigenvalue weighted by molar-refractivity contribution is 8.03. The van der Waals surface area contributed by atoms with Crippen LogP contribution in [0.3, 0.4) is 0 Å². The number of nitrogens with zero attached hydrogens (tertiary/aromatic N) is 1. The number of ether oxygens (including phenoxy) is 1. The Morgan fingerprint density at radius 3 is 2.69 bits per heavy atom. The summed E-state index contributed by atoms with van der Waals surface area (Å²) in [5, 5.41) is 18.2. The second-order valence-electron chi connectivity index (χ2n) is 3.63. The van der Waals surface area contributed by atoms with E-state index in [0.29, 0.717) is 0 Å². The summed E-state index contributed by atoms with van der Waals surface area (Å²) in [7, 11) is 1.36. The highest BCUT2D eigenvalue weighted by atomic mass is 32.2. The van der Waals surface area contributed by atoms with E-state index in [1.807, 2.05) is 0 Å². The number of carbonyl (C=O) groups excluding carboxylic acids is 1. The van der Waals surface area contributed by atoms with Gasteiger partial charge in [0, 0.05) is 0 Å². The number of amides is 1. The van der Waals surface area contributed by atoms with Crippen LogP contribution in [0.4, 0.5) is 0 Å². The van der Waals surface area contributed by atoms with Gasteiger partial charge in [-0.2, -0.15) is 0 Å². The summed E-state index contributed by atoms with van der Waals surface area (Å²) < 4.78 is 4.93. The van der Waals surface area contributed by atoms with Crippen molar-refractivity contribution in [3.63, 3.8) is 0 Å². The highest BCUT2D eigenvalue weighted by Crippen LogP contribution is 2.50.